The highest BCUT2D eigenvalue weighted by Gasteiger charge is 2.35. The van der Waals surface area contributed by atoms with Crippen LogP contribution in [-0.4, -0.2) is 32.1 Å². The van der Waals surface area contributed by atoms with Crippen molar-refractivity contribution < 1.29 is 18.1 Å². The minimum absolute atomic E-state index is 0.0631. The molecule has 8 nitrogen and oxygen atoms in total. The maximum Gasteiger partial charge on any atom is 0.293 e. The number of nitro groups is 1. The van der Waals surface area contributed by atoms with E-state index < -0.39 is 26.2 Å². The first-order valence-electron chi connectivity index (χ1n) is 6.31. The molecule has 1 unspecified atom stereocenters. The Bertz CT molecular complexity index is 680. The van der Waals surface area contributed by atoms with Gasteiger partial charge >= 0.3 is 0 Å². The summed E-state index contributed by atoms with van der Waals surface area (Å²) in [4.78, 5) is 10.1. The number of ether oxygens (including phenoxy) is 1. The van der Waals surface area contributed by atoms with Crippen LogP contribution in [0.1, 0.15) is 18.9 Å². The zero-order chi connectivity index (χ0) is 15.8. The fourth-order valence-corrected chi connectivity index (χ4v) is 3.94. The van der Waals surface area contributed by atoms with E-state index in [-0.39, 0.29) is 17.2 Å². The number of hydrogen-bond acceptors (Lipinski definition) is 6. The van der Waals surface area contributed by atoms with Crippen LogP contribution in [0.5, 0.6) is 0 Å². The number of benzene rings is 1. The van der Waals surface area contributed by atoms with Gasteiger partial charge in [-0.15, -0.1) is 0 Å². The number of nitrogens with two attached hydrogens (primary N) is 1. The van der Waals surface area contributed by atoms with Gasteiger partial charge in [0, 0.05) is 12.7 Å². The number of anilines is 1. The van der Waals surface area contributed by atoms with E-state index >= 15 is 0 Å². The van der Waals surface area contributed by atoms with E-state index in [1.165, 1.54) is 6.07 Å². The molecule has 1 aliphatic heterocycles. The third kappa shape index (κ3) is 3.14. The van der Waals surface area contributed by atoms with Gasteiger partial charge in [-0.1, -0.05) is 0 Å². The molecule has 0 radical (unpaired) electrons. The molecule has 1 atom stereocenters. The summed E-state index contributed by atoms with van der Waals surface area (Å²) in [5.41, 5.74) is 4.71. The number of nitro benzene ring substituents is 1. The highest BCUT2D eigenvalue weighted by molar-refractivity contribution is 7.89. The Labute approximate surface area is 122 Å². The summed E-state index contributed by atoms with van der Waals surface area (Å²) in [6.45, 7) is 4.02. The Balaban J connectivity index is 2.44. The lowest BCUT2D eigenvalue weighted by molar-refractivity contribution is -0.384. The Kier molecular flexibility index (Phi) is 3.91. The predicted molar refractivity (Wildman–Crippen MR) is 76.4 cm³/mol. The van der Waals surface area contributed by atoms with Gasteiger partial charge in [0.25, 0.3) is 5.69 Å². The number of nitrogens with one attached hydrogen (secondary N) is 1. The van der Waals surface area contributed by atoms with Gasteiger partial charge in [-0.05, 0) is 31.9 Å². The summed E-state index contributed by atoms with van der Waals surface area (Å²) >= 11 is 0. The molecule has 1 heterocycles. The second kappa shape index (κ2) is 5.24. The van der Waals surface area contributed by atoms with Gasteiger partial charge in [0.15, 0.2) is 0 Å². The molecule has 2 rings (SSSR count). The molecule has 1 aliphatic rings. The fraction of sp³-hybridized carbons (Fsp3) is 0.500. The van der Waals surface area contributed by atoms with Crippen LogP contribution in [0.4, 0.5) is 11.4 Å². The summed E-state index contributed by atoms with van der Waals surface area (Å²) in [7, 11) is -3.90. The summed E-state index contributed by atoms with van der Waals surface area (Å²) < 4.78 is 32.7. The van der Waals surface area contributed by atoms with E-state index in [1.54, 1.807) is 13.8 Å². The smallest absolute Gasteiger partial charge is 0.293 e. The molecule has 0 aliphatic carbocycles. The average molecular weight is 315 g/mol. The molecule has 0 bridgehead atoms. The minimum atomic E-state index is -3.90. The van der Waals surface area contributed by atoms with Gasteiger partial charge < -0.3 is 10.5 Å². The third-order valence-electron chi connectivity index (χ3n) is 3.41. The summed E-state index contributed by atoms with van der Waals surface area (Å²) in [5.74, 6) is 0. The van der Waals surface area contributed by atoms with Crippen LogP contribution in [0, 0.1) is 17.0 Å². The average Bonchev–Trinajstić information content (AvgIpc) is 2.73. The topological polar surface area (TPSA) is 125 Å². The molecule has 3 N–H and O–H groups in total. The second-order valence-corrected chi connectivity index (χ2v) is 7.05. The molecular weight excluding hydrogens is 298 g/mol. The lowest BCUT2D eigenvalue weighted by atomic mass is 10.0. The number of aryl methyl sites for hydroxylation is 1. The first-order chi connectivity index (χ1) is 9.65. The summed E-state index contributed by atoms with van der Waals surface area (Å²) in [5, 5.41) is 10.9. The first kappa shape index (κ1) is 15.7. The van der Waals surface area contributed by atoms with E-state index in [0.29, 0.717) is 18.6 Å². The maximum absolute atomic E-state index is 12.5. The molecule has 1 aromatic rings. The lowest BCUT2D eigenvalue weighted by Gasteiger charge is -2.23. The summed E-state index contributed by atoms with van der Waals surface area (Å²) in [6.07, 6.45) is 0.544. The maximum atomic E-state index is 12.5. The minimum Gasteiger partial charge on any atom is -0.393 e. The highest BCUT2D eigenvalue weighted by Crippen LogP contribution is 2.29. The van der Waals surface area contributed by atoms with Crippen LogP contribution in [0.25, 0.3) is 0 Å². The van der Waals surface area contributed by atoms with Crippen molar-refractivity contribution in [3.63, 3.8) is 0 Å². The van der Waals surface area contributed by atoms with Gasteiger partial charge in [0.2, 0.25) is 10.0 Å². The SMILES string of the molecule is Cc1cc(N)c([N+](=O)[O-])cc1S(=O)(=O)NC1(C)CCOC1. The fourth-order valence-electron chi connectivity index (χ4n) is 2.27. The molecular formula is C12H17N3O5S. The monoisotopic (exact) mass is 315 g/mol. The van der Waals surface area contributed by atoms with E-state index in [4.69, 9.17) is 10.5 Å². The first-order valence-corrected chi connectivity index (χ1v) is 7.79. The van der Waals surface area contributed by atoms with Crippen LogP contribution in [-0.2, 0) is 14.8 Å². The van der Waals surface area contributed by atoms with Crippen LogP contribution in [0.2, 0.25) is 0 Å². The predicted octanol–water partition coefficient (Wildman–Crippen LogP) is 0.943. The molecule has 0 aromatic heterocycles. The number of sulfonamides is 1. The molecule has 0 amide bonds. The molecule has 21 heavy (non-hydrogen) atoms. The van der Waals surface area contributed by atoms with Crippen molar-refractivity contribution in [2.75, 3.05) is 18.9 Å². The molecule has 0 saturated carbocycles. The van der Waals surface area contributed by atoms with Crippen LogP contribution >= 0.6 is 0 Å². The van der Waals surface area contributed by atoms with Crippen molar-refractivity contribution in [2.45, 2.75) is 30.7 Å². The van der Waals surface area contributed by atoms with Gasteiger partial charge in [-0.3, -0.25) is 10.1 Å². The van der Waals surface area contributed by atoms with E-state index in [2.05, 4.69) is 4.72 Å². The van der Waals surface area contributed by atoms with Crippen molar-refractivity contribution in [1.29, 1.82) is 0 Å². The van der Waals surface area contributed by atoms with E-state index in [0.717, 1.165) is 6.07 Å². The van der Waals surface area contributed by atoms with Crippen molar-refractivity contribution >= 4 is 21.4 Å². The molecule has 1 saturated heterocycles. The molecule has 0 spiro atoms. The van der Waals surface area contributed by atoms with Crippen molar-refractivity contribution in [3.8, 4) is 0 Å². The van der Waals surface area contributed by atoms with Gasteiger partial charge in [-0.25, -0.2) is 13.1 Å². The standard InChI is InChI=1S/C12H17N3O5S/c1-8-5-9(13)10(15(16)17)6-11(8)21(18,19)14-12(2)3-4-20-7-12/h5-6,14H,3-4,7,13H2,1-2H3. The van der Waals surface area contributed by atoms with Gasteiger partial charge in [0.05, 0.1) is 22.0 Å². The zero-order valence-corrected chi connectivity index (χ0v) is 12.6. The summed E-state index contributed by atoms with van der Waals surface area (Å²) in [6, 6.07) is 2.28. The van der Waals surface area contributed by atoms with Gasteiger partial charge in [-0.2, -0.15) is 0 Å². The van der Waals surface area contributed by atoms with E-state index in [9.17, 15) is 18.5 Å². The van der Waals surface area contributed by atoms with E-state index in [1.807, 2.05) is 0 Å². The Hall–Kier alpha value is -1.71. The zero-order valence-electron chi connectivity index (χ0n) is 11.8. The number of hydrogen-bond donors (Lipinski definition) is 2. The molecule has 116 valence electrons. The Morgan fingerprint density at radius 1 is 1.48 bits per heavy atom. The second-order valence-electron chi connectivity index (χ2n) is 5.40. The van der Waals surface area contributed by atoms with Crippen LogP contribution in [0.3, 0.4) is 0 Å². The number of nitrogen functional groups attached to an aromatic ring is 1. The number of rotatable bonds is 4. The Morgan fingerprint density at radius 3 is 2.67 bits per heavy atom. The third-order valence-corrected chi connectivity index (χ3v) is 5.19. The van der Waals surface area contributed by atoms with Crippen molar-refractivity contribution in [2.24, 2.45) is 0 Å². The normalized spacial score (nSPS) is 22.4. The number of nitrogens with zero attached hydrogens (tertiary/aromatic N) is 1. The lowest BCUT2D eigenvalue weighted by Crippen LogP contribution is -2.46. The van der Waals surface area contributed by atoms with Crippen LogP contribution < -0.4 is 10.5 Å². The van der Waals surface area contributed by atoms with Crippen LogP contribution in [0.15, 0.2) is 17.0 Å². The highest BCUT2D eigenvalue weighted by atomic mass is 32.2. The quantitative estimate of drug-likeness (QED) is 0.484. The Morgan fingerprint density at radius 2 is 2.14 bits per heavy atom. The van der Waals surface area contributed by atoms with Gasteiger partial charge in [0.1, 0.15) is 5.69 Å². The molecule has 1 aromatic carbocycles. The largest absolute Gasteiger partial charge is 0.393 e. The van der Waals surface area contributed by atoms with Crippen molar-refractivity contribution in [1.82, 2.24) is 4.72 Å². The van der Waals surface area contributed by atoms with Crippen molar-refractivity contribution in [3.05, 3.63) is 27.8 Å². The molecule has 1 fully saturated rings. The molecule has 9 heteroatoms.